The quantitative estimate of drug-likeness (QED) is 0.464. The molecule has 0 aliphatic heterocycles. The van der Waals surface area contributed by atoms with E-state index in [9.17, 15) is 9.59 Å². The molecule has 2 rings (SSSR count). The molecule has 0 saturated heterocycles. The summed E-state index contributed by atoms with van der Waals surface area (Å²) >= 11 is 6.00. The van der Waals surface area contributed by atoms with E-state index in [1.54, 1.807) is 18.2 Å². The van der Waals surface area contributed by atoms with Crippen molar-refractivity contribution in [2.45, 2.75) is 13.3 Å². The van der Waals surface area contributed by atoms with Crippen LogP contribution in [0.5, 0.6) is 0 Å². The molecule has 2 aromatic rings. The van der Waals surface area contributed by atoms with Crippen LogP contribution in [-0.2, 0) is 9.59 Å². The van der Waals surface area contributed by atoms with Gasteiger partial charge in [-0.1, -0.05) is 29.8 Å². The van der Waals surface area contributed by atoms with Crippen molar-refractivity contribution in [2.75, 3.05) is 24.3 Å². The Morgan fingerprint density at radius 1 is 1.12 bits per heavy atom. The lowest BCUT2D eigenvalue weighted by Gasteiger charge is -2.11. The maximum atomic E-state index is 11.9. The standard InChI is InChI=1S/C19H21ClN4O2/c1-13-4-7-15(10-17(13)20)22-18(25)11-19(26)23-21-12-14-5-8-16(9-6-14)24(2)3/h4-10,12H,11H2,1-3H3,(H,22,25)(H,23,26). The molecule has 2 N–H and O–H groups in total. The third kappa shape index (κ3) is 5.89. The minimum Gasteiger partial charge on any atom is -0.378 e. The van der Waals surface area contributed by atoms with Gasteiger partial charge in [-0.3, -0.25) is 9.59 Å². The van der Waals surface area contributed by atoms with Gasteiger partial charge in [0.1, 0.15) is 6.42 Å². The molecule has 0 spiro atoms. The van der Waals surface area contributed by atoms with Crippen molar-refractivity contribution >= 4 is 41.0 Å². The first-order valence-electron chi connectivity index (χ1n) is 8.00. The zero-order valence-electron chi connectivity index (χ0n) is 14.9. The lowest BCUT2D eigenvalue weighted by Crippen LogP contribution is -2.24. The summed E-state index contributed by atoms with van der Waals surface area (Å²) in [6.45, 7) is 1.87. The lowest BCUT2D eigenvalue weighted by atomic mass is 10.2. The number of nitrogens with zero attached hydrogens (tertiary/aromatic N) is 2. The van der Waals surface area contributed by atoms with Gasteiger partial charge >= 0.3 is 0 Å². The van der Waals surface area contributed by atoms with E-state index in [-0.39, 0.29) is 6.42 Å². The van der Waals surface area contributed by atoms with Crippen LogP contribution in [0.25, 0.3) is 0 Å². The number of carbonyl (C=O) groups excluding carboxylic acids is 2. The average Bonchev–Trinajstić information content (AvgIpc) is 2.58. The zero-order valence-corrected chi connectivity index (χ0v) is 15.7. The van der Waals surface area contributed by atoms with Crippen LogP contribution in [-0.4, -0.2) is 32.1 Å². The number of hydrazone groups is 1. The van der Waals surface area contributed by atoms with E-state index >= 15 is 0 Å². The molecule has 0 aliphatic rings. The summed E-state index contributed by atoms with van der Waals surface area (Å²) in [7, 11) is 3.91. The first kappa shape index (κ1) is 19.5. The van der Waals surface area contributed by atoms with Crippen LogP contribution < -0.4 is 15.6 Å². The topological polar surface area (TPSA) is 73.8 Å². The number of carbonyl (C=O) groups is 2. The summed E-state index contributed by atoms with van der Waals surface area (Å²) in [6.07, 6.45) is 1.19. The van der Waals surface area contributed by atoms with Gasteiger partial charge in [-0.2, -0.15) is 5.10 Å². The van der Waals surface area contributed by atoms with E-state index in [0.717, 1.165) is 16.8 Å². The van der Waals surface area contributed by atoms with Gasteiger partial charge < -0.3 is 10.2 Å². The third-order valence-corrected chi connectivity index (χ3v) is 4.00. The monoisotopic (exact) mass is 372 g/mol. The SMILES string of the molecule is Cc1ccc(NC(=O)CC(=O)NN=Cc2ccc(N(C)C)cc2)cc1Cl. The van der Waals surface area contributed by atoms with Gasteiger partial charge in [0.25, 0.3) is 0 Å². The molecular weight excluding hydrogens is 352 g/mol. The number of aryl methyl sites for hydroxylation is 1. The Bertz CT molecular complexity index is 817. The van der Waals surface area contributed by atoms with Crippen LogP contribution in [0, 0.1) is 6.92 Å². The van der Waals surface area contributed by atoms with Gasteiger partial charge in [0, 0.05) is 30.5 Å². The number of hydrogen-bond donors (Lipinski definition) is 2. The van der Waals surface area contributed by atoms with E-state index in [1.165, 1.54) is 6.21 Å². The molecule has 0 aliphatic carbocycles. The predicted molar refractivity (Wildman–Crippen MR) is 106 cm³/mol. The number of halogens is 1. The fourth-order valence-corrected chi connectivity index (χ4v) is 2.28. The van der Waals surface area contributed by atoms with E-state index in [4.69, 9.17) is 11.6 Å². The van der Waals surface area contributed by atoms with Crippen LogP contribution in [0.4, 0.5) is 11.4 Å². The normalized spacial score (nSPS) is 10.6. The summed E-state index contributed by atoms with van der Waals surface area (Å²) in [5, 5.41) is 7.04. The zero-order chi connectivity index (χ0) is 19.1. The summed E-state index contributed by atoms with van der Waals surface area (Å²) in [5.41, 5.74) is 5.71. The average molecular weight is 373 g/mol. The molecule has 26 heavy (non-hydrogen) atoms. The third-order valence-electron chi connectivity index (χ3n) is 3.59. The number of amides is 2. The number of rotatable bonds is 6. The molecule has 0 radical (unpaired) electrons. The van der Waals surface area contributed by atoms with Crippen LogP contribution in [0.3, 0.4) is 0 Å². The molecule has 0 saturated carbocycles. The van der Waals surface area contributed by atoms with Crippen LogP contribution >= 0.6 is 11.6 Å². The van der Waals surface area contributed by atoms with Crippen LogP contribution in [0.15, 0.2) is 47.6 Å². The minimum atomic E-state index is -0.498. The van der Waals surface area contributed by atoms with Crippen molar-refractivity contribution in [1.29, 1.82) is 0 Å². The van der Waals surface area contributed by atoms with Gasteiger partial charge in [-0.15, -0.1) is 0 Å². The fraction of sp³-hybridized carbons (Fsp3) is 0.211. The maximum absolute atomic E-state index is 11.9. The highest BCUT2D eigenvalue weighted by Gasteiger charge is 2.09. The Hall–Kier alpha value is -2.86. The fourth-order valence-electron chi connectivity index (χ4n) is 2.10. The Kier molecular flexibility index (Phi) is 6.74. The van der Waals surface area contributed by atoms with E-state index < -0.39 is 11.8 Å². The molecule has 0 bridgehead atoms. The predicted octanol–water partition coefficient (Wildman–Crippen LogP) is 3.19. The van der Waals surface area contributed by atoms with Crippen LogP contribution in [0.1, 0.15) is 17.5 Å². The summed E-state index contributed by atoms with van der Waals surface area (Å²) in [5.74, 6) is -0.935. The molecule has 0 unspecified atom stereocenters. The van der Waals surface area contributed by atoms with Gasteiger partial charge in [-0.05, 0) is 42.3 Å². The molecule has 2 aromatic carbocycles. The highest BCUT2D eigenvalue weighted by molar-refractivity contribution is 6.31. The molecule has 2 amide bonds. The first-order valence-corrected chi connectivity index (χ1v) is 8.38. The highest BCUT2D eigenvalue weighted by Crippen LogP contribution is 2.20. The summed E-state index contributed by atoms with van der Waals surface area (Å²) in [6, 6.07) is 12.8. The minimum absolute atomic E-state index is 0.331. The molecular formula is C19H21ClN4O2. The summed E-state index contributed by atoms with van der Waals surface area (Å²) in [4.78, 5) is 25.7. The van der Waals surface area contributed by atoms with E-state index in [0.29, 0.717) is 10.7 Å². The van der Waals surface area contributed by atoms with Crippen molar-refractivity contribution in [3.8, 4) is 0 Å². The van der Waals surface area contributed by atoms with Gasteiger partial charge in [0.05, 0.1) is 6.21 Å². The second-order valence-corrected chi connectivity index (χ2v) is 6.38. The maximum Gasteiger partial charge on any atom is 0.249 e. The first-order chi connectivity index (χ1) is 12.3. The summed E-state index contributed by atoms with van der Waals surface area (Å²) < 4.78 is 0. The largest absolute Gasteiger partial charge is 0.378 e. The molecule has 0 fully saturated rings. The smallest absolute Gasteiger partial charge is 0.249 e. The van der Waals surface area contributed by atoms with Gasteiger partial charge in [0.15, 0.2) is 0 Å². The second kappa shape index (κ2) is 9.01. The molecule has 0 atom stereocenters. The van der Waals surface area contributed by atoms with E-state index in [1.807, 2.05) is 50.2 Å². The van der Waals surface area contributed by atoms with Crippen molar-refractivity contribution < 1.29 is 9.59 Å². The number of benzene rings is 2. The van der Waals surface area contributed by atoms with E-state index in [2.05, 4.69) is 15.8 Å². The molecule has 6 nitrogen and oxygen atoms in total. The number of hydrogen-bond acceptors (Lipinski definition) is 4. The Labute approximate surface area is 157 Å². The molecule has 7 heteroatoms. The van der Waals surface area contributed by atoms with Crippen LogP contribution in [0.2, 0.25) is 5.02 Å². The molecule has 0 heterocycles. The Morgan fingerprint density at radius 3 is 2.42 bits per heavy atom. The van der Waals surface area contributed by atoms with Gasteiger partial charge in [-0.25, -0.2) is 5.43 Å². The molecule has 0 aromatic heterocycles. The lowest BCUT2D eigenvalue weighted by molar-refractivity contribution is -0.126. The Morgan fingerprint density at radius 2 is 1.81 bits per heavy atom. The van der Waals surface area contributed by atoms with Crippen molar-refractivity contribution in [1.82, 2.24) is 5.43 Å². The van der Waals surface area contributed by atoms with Crippen molar-refractivity contribution in [3.63, 3.8) is 0 Å². The van der Waals surface area contributed by atoms with Gasteiger partial charge in [0.2, 0.25) is 11.8 Å². The number of nitrogens with one attached hydrogen (secondary N) is 2. The van der Waals surface area contributed by atoms with Crippen molar-refractivity contribution in [3.05, 3.63) is 58.6 Å². The highest BCUT2D eigenvalue weighted by atomic mass is 35.5. The second-order valence-electron chi connectivity index (χ2n) is 5.97. The number of anilines is 2. The molecule has 136 valence electrons. The Balaban J connectivity index is 1.82. The van der Waals surface area contributed by atoms with Crippen molar-refractivity contribution in [2.24, 2.45) is 5.10 Å².